The molecule has 2 atom stereocenters. The molecule has 2 heterocycles. The van der Waals surface area contributed by atoms with Crippen molar-refractivity contribution in [3.8, 4) is 0 Å². The highest BCUT2D eigenvalue weighted by atomic mass is 16.6. The molecule has 1 saturated heterocycles. The van der Waals surface area contributed by atoms with Crippen LogP contribution in [0.1, 0.15) is 25.7 Å². The zero-order valence-electron chi connectivity index (χ0n) is 15.9. The number of ether oxygens (including phenoxy) is 1. The smallest absolute Gasteiger partial charge is 0.269 e. The van der Waals surface area contributed by atoms with E-state index in [4.69, 9.17) is 15.3 Å². The van der Waals surface area contributed by atoms with Crippen LogP contribution in [0.5, 0.6) is 0 Å². The van der Waals surface area contributed by atoms with Crippen LogP contribution in [0.3, 0.4) is 0 Å². The van der Waals surface area contributed by atoms with E-state index < -0.39 is 21.2 Å². The van der Waals surface area contributed by atoms with E-state index in [-0.39, 0.29) is 18.1 Å². The molecular weight excluding hydrogens is 392 g/mol. The molecular formula is C19H18N6O5. The standard InChI is InChI=1S/C19H18N6O5/c26-24(27)16-7-3-14(4-8-16)22-13-30-19-12-2-1-11-18(19,22)20-23(21-19)15-5-9-17(10-6-15)25(28)29/h3-10H,1-2,11-13H2/t18-,19+/m0/s1. The highest BCUT2D eigenvalue weighted by Crippen LogP contribution is 2.58. The average Bonchev–Trinajstić information content (AvgIpc) is 3.26. The lowest BCUT2D eigenvalue weighted by atomic mass is 9.81. The van der Waals surface area contributed by atoms with Crippen molar-refractivity contribution in [3.63, 3.8) is 0 Å². The van der Waals surface area contributed by atoms with E-state index in [1.54, 1.807) is 24.3 Å². The van der Waals surface area contributed by atoms with E-state index in [1.165, 1.54) is 29.1 Å². The fraction of sp³-hybridized carbons (Fsp3) is 0.368. The minimum Gasteiger partial charge on any atom is -0.347 e. The summed E-state index contributed by atoms with van der Waals surface area (Å²) in [4.78, 5) is 24.6. The van der Waals surface area contributed by atoms with E-state index in [9.17, 15) is 20.2 Å². The van der Waals surface area contributed by atoms with Crippen molar-refractivity contribution in [2.45, 2.75) is 37.1 Å². The molecule has 11 nitrogen and oxygen atoms in total. The molecule has 154 valence electrons. The Bertz CT molecular complexity index is 1060. The molecule has 0 unspecified atom stereocenters. The fourth-order valence-electron chi connectivity index (χ4n) is 4.48. The molecule has 0 N–H and O–H groups in total. The highest BCUT2D eigenvalue weighted by Gasteiger charge is 2.64. The van der Waals surface area contributed by atoms with Gasteiger partial charge >= 0.3 is 0 Å². The summed E-state index contributed by atoms with van der Waals surface area (Å²) in [5.41, 5.74) is 4.71. The van der Waals surface area contributed by atoms with Gasteiger partial charge in [0.05, 0.1) is 9.85 Å². The number of nitro groups is 2. The number of azo groups is 1. The maximum atomic E-state index is 11.0. The Kier molecular flexibility index (Phi) is 3.97. The van der Waals surface area contributed by atoms with Crippen molar-refractivity contribution in [2.75, 3.05) is 11.6 Å². The van der Waals surface area contributed by atoms with Crippen LogP contribution in [0.2, 0.25) is 0 Å². The van der Waals surface area contributed by atoms with Crippen molar-refractivity contribution in [3.05, 3.63) is 74.2 Å². The molecule has 2 aliphatic heterocycles. The minimum atomic E-state index is -0.852. The number of hydrogen-bond donors (Lipinski definition) is 0. The molecule has 0 bridgehead atoms. The van der Waals surface area contributed by atoms with Crippen LogP contribution in [0.4, 0.5) is 22.7 Å². The molecule has 1 aliphatic carbocycles. The lowest BCUT2D eigenvalue weighted by Crippen LogP contribution is -2.56. The van der Waals surface area contributed by atoms with Gasteiger partial charge in [-0.3, -0.25) is 20.2 Å². The molecule has 0 spiro atoms. The number of anilines is 1. The van der Waals surface area contributed by atoms with Gasteiger partial charge in [0.15, 0.2) is 5.72 Å². The van der Waals surface area contributed by atoms with Crippen molar-refractivity contribution in [2.24, 2.45) is 5.11 Å². The van der Waals surface area contributed by atoms with E-state index >= 15 is 0 Å². The van der Waals surface area contributed by atoms with Gasteiger partial charge in [0.2, 0.25) is 5.69 Å². The lowest BCUT2D eigenvalue weighted by Gasteiger charge is -2.46. The average molecular weight is 410 g/mol. The summed E-state index contributed by atoms with van der Waals surface area (Å²) in [7, 11) is 0. The van der Waals surface area contributed by atoms with E-state index in [0.29, 0.717) is 12.1 Å². The van der Waals surface area contributed by atoms with E-state index in [1.807, 2.05) is 4.90 Å². The summed E-state index contributed by atoms with van der Waals surface area (Å²) in [6.07, 6.45) is 3.31. The van der Waals surface area contributed by atoms with Gasteiger partial charge in [-0.25, -0.2) is 0 Å². The quantitative estimate of drug-likeness (QED) is 0.418. The maximum absolute atomic E-state index is 11.0. The molecule has 1 saturated carbocycles. The molecule has 2 fully saturated rings. The number of rotatable bonds is 4. The second kappa shape index (κ2) is 6.46. The third-order valence-corrected chi connectivity index (χ3v) is 5.98. The van der Waals surface area contributed by atoms with Crippen LogP contribution in [-0.4, -0.2) is 32.8 Å². The number of benzene rings is 2. The molecule has 0 aromatic heterocycles. The molecule has 2 aromatic carbocycles. The second-order valence-corrected chi connectivity index (χ2v) is 7.55. The SMILES string of the molecule is O=[N+]([O-])c1ccc(N2CO[C@]34CCCC[C@]23[N-][N+](c2ccc([N+](=O)[O-])cc2)=N4)cc1. The van der Waals surface area contributed by atoms with Crippen molar-refractivity contribution >= 4 is 22.7 Å². The molecule has 3 aliphatic rings. The van der Waals surface area contributed by atoms with Crippen LogP contribution >= 0.6 is 0 Å². The predicted octanol–water partition coefficient (Wildman–Crippen LogP) is 4.36. The topological polar surface area (TPSA) is 128 Å². The maximum Gasteiger partial charge on any atom is 0.269 e. The Hall–Kier alpha value is -3.60. The van der Waals surface area contributed by atoms with Gasteiger partial charge in [0, 0.05) is 42.1 Å². The van der Waals surface area contributed by atoms with E-state index in [2.05, 4.69) is 0 Å². The first kappa shape index (κ1) is 18.4. The largest absolute Gasteiger partial charge is 0.347 e. The first-order chi connectivity index (χ1) is 14.4. The lowest BCUT2D eigenvalue weighted by molar-refractivity contribution is -0.461. The Balaban J connectivity index is 1.51. The van der Waals surface area contributed by atoms with Crippen molar-refractivity contribution in [1.29, 1.82) is 0 Å². The molecule has 11 heteroatoms. The molecule has 5 rings (SSSR count). The van der Waals surface area contributed by atoms with Crippen molar-refractivity contribution in [1.82, 2.24) is 0 Å². The van der Waals surface area contributed by atoms with E-state index in [0.717, 1.165) is 24.9 Å². The van der Waals surface area contributed by atoms with Crippen LogP contribution in [0.25, 0.3) is 5.43 Å². The molecule has 2 aromatic rings. The third kappa shape index (κ3) is 2.55. The van der Waals surface area contributed by atoms with Gasteiger partial charge in [-0.2, -0.15) is 10.5 Å². The van der Waals surface area contributed by atoms with Crippen LogP contribution in [-0.2, 0) is 4.74 Å². The Morgan fingerprint density at radius 2 is 1.57 bits per heavy atom. The summed E-state index contributed by atoms with van der Waals surface area (Å²) in [6.45, 7) is 0.277. The zero-order chi connectivity index (χ0) is 20.9. The summed E-state index contributed by atoms with van der Waals surface area (Å²) >= 11 is 0. The number of nitrogens with zero attached hydrogens (tertiary/aromatic N) is 6. The Labute approximate surface area is 170 Å². The number of hydrogen-bond acceptors (Lipinski definition) is 7. The van der Waals surface area contributed by atoms with Crippen LogP contribution < -0.4 is 4.90 Å². The van der Waals surface area contributed by atoms with Gasteiger partial charge in [-0.1, -0.05) is 12.8 Å². The normalized spacial score (nSPS) is 27.1. The van der Waals surface area contributed by atoms with Crippen LogP contribution in [0, 0.1) is 20.2 Å². The number of non-ortho nitro benzene ring substituents is 2. The van der Waals surface area contributed by atoms with Gasteiger partial charge in [-0.05, 0) is 25.0 Å². The summed E-state index contributed by atoms with van der Waals surface area (Å²) in [5.74, 6) is 0. The zero-order valence-corrected chi connectivity index (χ0v) is 15.9. The Morgan fingerprint density at radius 3 is 2.20 bits per heavy atom. The first-order valence-corrected chi connectivity index (χ1v) is 9.60. The second-order valence-electron chi connectivity index (χ2n) is 7.55. The molecule has 30 heavy (non-hydrogen) atoms. The fourth-order valence-corrected chi connectivity index (χ4v) is 4.48. The van der Waals surface area contributed by atoms with Gasteiger partial charge in [0.1, 0.15) is 12.4 Å². The summed E-state index contributed by atoms with van der Waals surface area (Å²) < 4.78 is 6.20. The third-order valence-electron chi connectivity index (χ3n) is 5.98. The number of nitro benzene ring substituents is 2. The first-order valence-electron chi connectivity index (χ1n) is 9.60. The van der Waals surface area contributed by atoms with Gasteiger partial charge in [0.25, 0.3) is 11.4 Å². The molecule has 0 radical (unpaired) electrons. The summed E-state index contributed by atoms with van der Waals surface area (Å²) in [6, 6.07) is 12.4. The van der Waals surface area contributed by atoms with Gasteiger partial charge < -0.3 is 9.64 Å². The highest BCUT2D eigenvalue weighted by molar-refractivity contribution is 5.56. The predicted molar refractivity (Wildman–Crippen MR) is 104 cm³/mol. The van der Waals surface area contributed by atoms with Gasteiger partial charge in [-0.15, -0.1) is 4.81 Å². The monoisotopic (exact) mass is 410 g/mol. The van der Waals surface area contributed by atoms with Crippen LogP contribution in [0.15, 0.2) is 53.6 Å². The summed E-state index contributed by atoms with van der Waals surface area (Å²) in [5, 5.41) is 26.7. The minimum absolute atomic E-state index is 0.00404. The van der Waals surface area contributed by atoms with Crippen molar-refractivity contribution < 1.29 is 19.4 Å². The molecule has 0 amide bonds. The Morgan fingerprint density at radius 1 is 0.967 bits per heavy atom.